The van der Waals surface area contributed by atoms with E-state index in [1.807, 2.05) is 18.2 Å². The summed E-state index contributed by atoms with van der Waals surface area (Å²) in [7, 11) is 0. The van der Waals surface area contributed by atoms with Gasteiger partial charge in [0.2, 0.25) is 0 Å². The molecule has 0 aromatic heterocycles. The van der Waals surface area contributed by atoms with Gasteiger partial charge in [0.1, 0.15) is 0 Å². The zero-order valence-corrected chi connectivity index (χ0v) is 10.6. The van der Waals surface area contributed by atoms with Crippen molar-refractivity contribution < 1.29 is 9.53 Å². The molecule has 0 aliphatic heterocycles. The predicted molar refractivity (Wildman–Crippen MR) is 70.9 cm³/mol. The average molecular weight is 232 g/mol. The standard InChI is InChI=1S/C15H20O2/c1-4-12(3)10-11-17-15(16)14-9-7-6-8-13(14)5-2/h5-9,12H,2,4,10-11H2,1,3H3. The van der Waals surface area contributed by atoms with E-state index in [0.717, 1.165) is 18.4 Å². The minimum Gasteiger partial charge on any atom is -0.462 e. The maximum atomic E-state index is 11.8. The van der Waals surface area contributed by atoms with Gasteiger partial charge in [0, 0.05) is 0 Å². The maximum absolute atomic E-state index is 11.8. The molecule has 0 bridgehead atoms. The van der Waals surface area contributed by atoms with E-state index < -0.39 is 0 Å². The molecule has 1 aromatic rings. The van der Waals surface area contributed by atoms with E-state index in [-0.39, 0.29) is 5.97 Å². The highest BCUT2D eigenvalue weighted by Gasteiger charge is 2.10. The van der Waals surface area contributed by atoms with E-state index in [2.05, 4.69) is 20.4 Å². The number of carbonyl (C=O) groups is 1. The van der Waals surface area contributed by atoms with Crippen molar-refractivity contribution in [2.75, 3.05) is 6.61 Å². The van der Waals surface area contributed by atoms with Gasteiger partial charge in [-0.3, -0.25) is 0 Å². The van der Waals surface area contributed by atoms with E-state index in [9.17, 15) is 4.79 Å². The fourth-order valence-electron chi connectivity index (χ4n) is 1.50. The van der Waals surface area contributed by atoms with E-state index in [4.69, 9.17) is 4.74 Å². The summed E-state index contributed by atoms with van der Waals surface area (Å²) in [4.78, 5) is 11.8. The first-order valence-electron chi connectivity index (χ1n) is 6.07. The van der Waals surface area contributed by atoms with Gasteiger partial charge in [-0.05, 0) is 24.0 Å². The summed E-state index contributed by atoms with van der Waals surface area (Å²) in [5.41, 5.74) is 1.41. The van der Waals surface area contributed by atoms with Crippen molar-refractivity contribution in [2.45, 2.75) is 26.7 Å². The van der Waals surface area contributed by atoms with Crippen LogP contribution in [0.4, 0.5) is 0 Å². The second-order valence-corrected chi connectivity index (χ2v) is 4.23. The third kappa shape index (κ3) is 4.06. The molecule has 0 aliphatic carbocycles. The van der Waals surface area contributed by atoms with Gasteiger partial charge in [0.05, 0.1) is 12.2 Å². The number of rotatable bonds is 6. The molecule has 0 amide bonds. The maximum Gasteiger partial charge on any atom is 0.338 e. The van der Waals surface area contributed by atoms with Crippen molar-refractivity contribution in [2.24, 2.45) is 5.92 Å². The summed E-state index contributed by atoms with van der Waals surface area (Å²) in [6, 6.07) is 7.34. The molecule has 2 heteroatoms. The topological polar surface area (TPSA) is 26.3 Å². The Morgan fingerprint density at radius 1 is 1.47 bits per heavy atom. The summed E-state index contributed by atoms with van der Waals surface area (Å²) < 4.78 is 5.26. The molecular formula is C15H20O2. The Balaban J connectivity index is 2.55. The van der Waals surface area contributed by atoms with Crippen LogP contribution in [0.3, 0.4) is 0 Å². The molecule has 0 spiro atoms. The molecule has 2 nitrogen and oxygen atoms in total. The lowest BCUT2D eigenvalue weighted by Gasteiger charge is -2.10. The summed E-state index contributed by atoms with van der Waals surface area (Å²) in [5, 5.41) is 0. The van der Waals surface area contributed by atoms with Gasteiger partial charge in [-0.15, -0.1) is 0 Å². The summed E-state index contributed by atoms with van der Waals surface area (Å²) in [6.07, 6.45) is 3.70. The molecule has 1 unspecified atom stereocenters. The highest BCUT2D eigenvalue weighted by molar-refractivity contribution is 5.93. The van der Waals surface area contributed by atoms with Gasteiger partial charge in [0.15, 0.2) is 0 Å². The van der Waals surface area contributed by atoms with Gasteiger partial charge >= 0.3 is 5.97 Å². The average Bonchev–Trinajstić information content (AvgIpc) is 2.38. The number of benzene rings is 1. The normalized spacial score (nSPS) is 11.9. The zero-order chi connectivity index (χ0) is 12.7. The lowest BCUT2D eigenvalue weighted by Crippen LogP contribution is -2.10. The molecule has 0 fully saturated rings. The van der Waals surface area contributed by atoms with Crippen LogP contribution in [-0.2, 0) is 4.74 Å². The molecule has 1 atom stereocenters. The molecular weight excluding hydrogens is 212 g/mol. The molecule has 17 heavy (non-hydrogen) atoms. The number of carbonyl (C=O) groups excluding carboxylic acids is 1. The molecule has 0 aliphatic rings. The zero-order valence-electron chi connectivity index (χ0n) is 10.6. The first-order chi connectivity index (χ1) is 8.19. The minimum absolute atomic E-state index is 0.260. The fourth-order valence-corrected chi connectivity index (χ4v) is 1.50. The predicted octanol–water partition coefficient (Wildman–Crippen LogP) is 3.92. The second kappa shape index (κ2) is 6.89. The molecule has 0 heterocycles. The fraction of sp³-hybridized carbons (Fsp3) is 0.400. The van der Waals surface area contributed by atoms with Gasteiger partial charge in [-0.25, -0.2) is 4.79 Å². The van der Waals surface area contributed by atoms with E-state index in [1.54, 1.807) is 12.1 Å². The molecule has 1 rings (SSSR count). The van der Waals surface area contributed by atoms with Crippen molar-refractivity contribution in [3.8, 4) is 0 Å². The molecule has 0 N–H and O–H groups in total. The van der Waals surface area contributed by atoms with Gasteiger partial charge in [0.25, 0.3) is 0 Å². The Morgan fingerprint density at radius 2 is 2.18 bits per heavy atom. The molecule has 0 saturated heterocycles. The Kier molecular flexibility index (Phi) is 5.47. The Morgan fingerprint density at radius 3 is 2.82 bits per heavy atom. The van der Waals surface area contributed by atoms with Crippen LogP contribution in [0.5, 0.6) is 0 Å². The Bertz CT molecular complexity index is 382. The lowest BCUT2D eigenvalue weighted by molar-refractivity contribution is 0.0484. The van der Waals surface area contributed by atoms with E-state index >= 15 is 0 Å². The van der Waals surface area contributed by atoms with Crippen LogP contribution in [0.1, 0.15) is 42.6 Å². The van der Waals surface area contributed by atoms with E-state index in [1.165, 1.54) is 0 Å². The van der Waals surface area contributed by atoms with Crippen LogP contribution >= 0.6 is 0 Å². The Labute approximate surface area is 103 Å². The van der Waals surface area contributed by atoms with Crippen molar-refractivity contribution >= 4 is 12.0 Å². The quantitative estimate of drug-likeness (QED) is 0.695. The SMILES string of the molecule is C=Cc1ccccc1C(=O)OCCC(C)CC. The van der Waals surface area contributed by atoms with Crippen molar-refractivity contribution in [3.63, 3.8) is 0 Å². The molecule has 0 saturated carbocycles. The van der Waals surface area contributed by atoms with Crippen molar-refractivity contribution in [1.82, 2.24) is 0 Å². The largest absolute Gasteiger partial charge is 0.462 e. The lowest BCUT2D eigenvalue weighted by atomic mass is 10.1. The monoisotopic (exact) mass is 232 g/mol. The van der Waals surface area contributed by atoms with Crippen molar-refractivity contribution in [3.05, 3.63) is 42.0 Å². The molecule has 1 aromatic carbocycles. The van der Waals surface area contributed by atoms with Gasteiger partial charge in [-0.1, -0.05) is 51.1 Å². The van der Waals surface area contributed by atoms with Crippen molar-refractivity contribution in [1.29, 1.82) is 0 Å². The summed E-state index contributed by atoms with van der Waals surface area (Å²) in [6.45, 7) is 8.47. The summed E-state index contributed by atoms with van der Waals surface area (Å²) >= 11 is 0. The smallest absolute Gasteiger partial charge is 0.338 e. The van der Waals surface area contributed by atoms with Gasteiger partial charge in [-0.2, -0.15) is 0 Å². The highest BCUT2D eigenvalue weighted by Crippen LogP contribution is 2.12. The first kappa shape index (κ1) is 13.5. The van der Waals surface area contributed by atoms with Crippen LogP contribution in [0, 0.1) is 5.92 Å². The van der Waals surface area contributed by atoms with Crippen LogP contribution in [0.15, 0.2) is 30.8 Å². The highest BCUT2D eigenvalue weighted by atomic mass is 16.5. The second-order valence-electron chi connectivity index (χ2n) is 4.23. The van der Waals surface area contributed by atoms with Crippen LogP contribution in [0.2, 0.25) is 0 Å². The number of hydrogen-bond acceptors (Lipinski definition) is 2. The number of hydrogen-bond donors (Lipinski definition) is 0. The van der Waals surface area contributed by atoms with Crippen LogP contribution in [0.25, 0.3) is 6.08 Å². The van der Waals surface area contributed by atoms with Gasteiger partial charge < -0.3 is 4.74 Å². The Hall–Kier alpha value is -1.57. The van der Waals surface area contributed by atoms with Crippen LogP contribution < -0.4 is 0 Å². The third-order valence-corrected chi connectivity index (χ3v) is 2.94. The third-order valence-electron chi connectivity index (χ3n) is 2.94. The number of ether oxygens (including phenoxy) is 1. The number of esters is 1. The molecule has 0 radical (unpaired) electrons. The van der Waals surface area contributed by atoms with Crippen LogP contribution in [-0.4, -0.2) is 12.6 Å². The minimum atomic E-state index is -0.260. The van der Waals surface area contributed by atoms with E-state index in [0.29, 0.717) is 18.1 Å². The summed E-state index contributed by atoms with van der Waals surface area (Å²) in [5.74, 6) is 0.334. The first-order valence-corrected chi connectivity index (χ1v) is 6.07. The molecule has 92 valence electrons.